The van der Waals surface area contributed by atoms with Crippen molar-refractivity contribution in [1.29, 1.82) is 0 Å². The van der Waals surface area contributed by atoms with Gasteiger partial charge in [0, 0.05) is 12.6 Å². The molecule has 0 bridgehead atoms. The number of ether oxygens (including phenoxy) is 2. The zero-order valence-corrected chi connectivity index (χ0v) is 14.4. The van der Waals surface area contributed by atoms with Crippen molar-refractivity contribution in [1.82, 2.24) is 9.62 Å². The third-order valence-corrected chi connectivity index (χ3v) is 4.20. The highest BCUT2D eigenvalue weighted by molar-refractivity contribution is 7.89. The number of hydrogen-bond acceptors (Lipinski definition) is 5. The van der Waals surface area contributed by atoms with Crippen molar-refractivity contribution in [3.8, 4) is 11.5 Å². The fourth-order valence-electron chi connectivity index (χ4n) is 1.67. The van der Waals surface area contributed by atoms with Crippen LogP contribution < -0.4 is 14.2 Å². The summed E-state index contributed by atoms with van der Waals surface area (Å²) in [6, 6.07) is 4.52. The molecule has 8 heteroatoms. The monoisotopic (exact) mass is 338 g/mol. The molecule has 0 heterocycles. The Labute approximate surface area is 132 Å². The van der Waals surface area contributed by atoms with Gasteiger partial charge >= 0.3 is 0 Å². The van der Waals surface area contributed by atoms with Crippen LogP contribution in [0.4, 0.5) is 0 Å². The van der Waals surface area contributed by atoms with Crippen LogP contribution in [-0.4, -0.2) is 54.7 Å². The molecular formula is C13H23ClN2O4S. The van der Waals surface area contributed by atoms with Crippen LogP contribution in [0.1, 0.15) is 6.42 Å². The average Bonchev–Trinajstić information content (AvgIpc) is 2.42. The fourth-order valence-corrected chi connectivity index (χ4v) is 2.76. The van der Waals surface area contributed by atoms with Crippen molar-refractivity contribution in [2.24, 2.45) is 0 Å². The maximum absolute atomic E-state index is 12.1. The van der Waals surface area contributed by atoms with Gasteiger partial charge in [-0.3, -0.25) is 0 Å². The summed E-state index contributed by atoms with van der Waals surface area (Å²) >= 11 is 0. The molecule has 122 valence electrons. The lowest BCUT2D eigenvalue weighted by Gasteiger charge is -2.12. The average molecular weight is 339 g/mol. The molecule has 6 nitrogen and oxygen atoms in total. The first-order valence-corrected chi connectivity index (χ1v) is 7.75. The highest BCUT2D eigenvalue weighted by Gasteiger charge is 2.16. The van der Waals surface area contributed by atoms with E-state index in [0.29, 0.717) is 18.0 Å². The van der Waals surface area contributed by atoms with Crippen molar-refractivity contribution in [2.45, 2.75) is 11.3 Å². The van der Waals surface area contributed by atoms with Gasteiger partial charge in [0.25, 0.3) is 0 Å². The lowest BCUT2D eigenvalue weighted by molar-refractivity contribution is 0.354. The molecule has 1 aromatic rings. The van der Waals surface area contributed by atoms with E-state index >= 15 is 0 Å². The smallest absolute Gasteiger partial charge is 0.240 e. The summed E-state index contributed by atoms with van der Waals surface area (Å²) < 4.78 is 37.0. The molecule has 0 atom stereocenters. The first-order valence-electron chi connectivity index (χ1n) is 6.27. The maximum atomic E-state index is 12.1. The van der Waals surface area contributed by atoms with E-state index in [2.05, 4.69) is 4.72 Å². The van der Waals surface area contributed by atoms with E-state index in [4.69, 9.17) is 9.47 Å². The zero-order valence-electron chi connectivity index (χ0n) is 12.8. The lowest BCUT2D eigenvalue weighted by atomic mass is 10.3. The van der Waals surface area contributed by atoms with Crippen LogP contribution in [0.5, 0.6) is 11.5 Å². The molecule has 0 fully saturated rings. The van der Waals surface area contributed by atoms with Gasteiger partial charge in [0.1, 0.15) is 0 Å². The van der Waals surface area contributed by atoms with E-state index in [1.54, 1.807) is 6.07 Å². The van der Waals surface area contributed by atoms with Crippen LogP contribution in [0, 0.1) is 0 Å². The van der Waals surface area contributed by atoms with Crippen molar-refractivity contribution in [3.05, 3.63) is 18.2 Å². The molecule has 1 rings (SSSR count). The molecule has 0 saturated heterocycles. The summed E-state index contributed by atoms with van der Waals surface area (Å²) in [5.41, 5.74) is 0. The van der Waals surface area contributed by atoms with Crippen LogP contribution in [0.15, 0.2) is 23.1 Å². The van der Waals surface area contributed by atoms with Gasteiger partial charge in [0.2, 0.25) is 10.0 Å². The van der Waals surface area contributed by atoms with Crippen molar-refractivity contribution >= 4 is 22.4 Å². The number of benzene rings is 1. The standard InChI is InChI=1S/C13H22N2O4S.ClH/c1-15(2)9-5-8-14-20(16,17)11-6-7-12(18-3)13(10-11)19-4;/h6-7,10,14H,5,8-9H2,1-4H3;1H. The Balaban J connectivity index is 0.00000400. The molecule has 0 aromatic heterocycles. The summed E-state index contributed by atoms with van der Waals surface area (Å²) in [4.78, 5) is 2.17. The molecule has 0 aliphatic carbocycles. The number of nitrogens with zero attached hydrogens (tertiary/aromatic N) is 1. The van der Waals surface area contributed by atoms with Crippen LogP contribution in [0.2, 0.25) is 0 Å². The molecule has 0 aliphatic heterocycles. The Bertz CT molecular complexity index is 535. The van der Waals surface area contributed by atoms with E-state index in [0.717, 1.165) is 13.0 Å². The predicted molar refractivity (Wildman–Crippen MR) is 85.2 cm³/mol. The topological polar surface area (TPSA) is 67.9 Å². The van der Waals surface area contributed by atoms with Crippen molar-refractivity contribution in [3.63, 3.8) is 0 Å². The van der Waals surface area contributed by atoms with Gasteiger partial charge in [-0.15, -0.1) is 12.4 Å². The second-order valence-corrected chi connectivity index (χ2v) is 6.34. The Morgan fingerprint density at radius 3 is 2.29 bits per heavy atom. The third-order valence-electron chi connectivity index (χ3n) is 2.74. The Hall–Kier alpha value is -1.02. The Morgan fingerprint density at radius 1 is 1.14 bits per heavy atom. The molecule has 1 aromatic carbocycles. The number of hydrogen-bond donors (Lipinski definition) is 1. The molecule has 0 unspecified atom stereocenters. The summed E-state index contributed by atoms with van der Waals surface area (Å²) in [6.07, 6.45) is 0.750. The van der Waals surface area contributed by atoms with Gasteiger partial charge in [-0.25, -0.2) is 13.1 Å². The minimum atomic E-state index is -3.52. The third kappa shape index (κ3) is 6.09. The molecule has 0 saturated carbocycles. The summed E-state index contributed by atoms with van der Waals surface area (Å²) in [6.45, 7) is 1.23. The van der Waals surface area contributed by atoms with Gasteiger partial charge in [0.05, 0.1) is 19.1 Å². The van der Waals surface area contributed by atoms with Crippen molar-refractivity contribution < 1.29 is 17.9 Å². The summed E-state index contributed by atoms with van der Waals surface area (Å²) in [5, 5.41) is 0. The largest absolute Gasteiger partial charge is 0.493 e. The van der Waals surface area contributed by atoms with E-state index < -0.39 is 10.0 Å². The van der Waals surface area contributed by atoms with E-state index in [9.17, 15) is 8.42 Å². The minimum Gasteiger partial charge on any atom is -0.493 e. The first kappa shape index (κ1) is 20.0. The number of sulfonamides is 1. The SMILES string of the molecule is COc1ccc(S(=O)(=O)NCCCN(C)C)cc1OC.Cl. The molecule has 0 amide bonds. The first-order chi connectivity index (χ1) is 9.40. The van der Waals surface area contributed by atoms with Gasteiger partial charge < -0.3 is 14.4 Å². The number of nitrogens with one attached hydrogen (secondary N) is 1. The van der Waals surface area contributed by atoms with E-state index in [-0.39, 0.29) is 17.3 Å². The molecule has 0 radical (unpaired) electrons. The number of rotatable bonds is 8. The molecule has 0 spiro atoms. The minimum absolute atomic E-state index is 0. The highest BCUT2D eigenvalue weighted by atomic mass is 35.5. The molecule has 0 aliphatic rings. The van der Waals surface area contributed by atoms with Crippen LogP contribution in [0.25, 0.3) is 0 Å². The Morgan fingerprint density at radius 2 is 1.76 bits per heavy atom. The summed E-state index contributed by atoms with van der Waals surface area (Å²) in [5.74, 6) is 0.891. The predicted octanol–water partition coefficient (Wildman–Crippen LogP) is 1.36. The van der Waals surface area contributed by atoms with E-state index in [1.807, 2.05) is 19.0 Å². The van der Waals surface area contributed by atoms with Crippen molar-refractivity contribution in [2.75, 3.05) is 41.4 Å². The fraction of sp³-hybridized carbons (Fsp3) is 0.538. The molecular weight excluding hydrogens is 316 g/mol. The van der Waals surface area contributed by atoms with Crippen LogP contribution in [0.3, 0.4) is 0 Å². The van der Waals surface area contributed by atoms with Gasteiger partial charge in [-0.05, 0) is 39.2 Å². The normalized spacial score (nSPS) is 11.1. The van der Waals surface area contributed by atoms with Crippen LogP contribution in [-0.2, 0) is 10.0 Å². The summed E-state index contributed by atoms with van der Waals surface area (Å²) in [7, 11) is 3.35. The molecule has 21 heavy (non-hydrogen) atoms. The van der Waals surface area contributed by atoms with E-state index in [1.165, 1.54) is 26.4 Å². The van der Waals surface area contributed by atoms with Gasteiger partial charge in [-0.2, -0.15) is 0 Å². The zero-order chi connectivity index (χ0) is 15.2. The molecule has 1 N–H and O–H groups in total. The quantitative estimate of drug-likeness (QED) is 0.725. The highest BCUT2D eigenvalue weighted by Crippen LogP contribution is 2.29. The Kier molecular flexibility index (Phi) is 8.65. The van der Waals surface area contributed by atoms with Crippen LogP contribution >= 0.6 is 12.4 Å². The van der Waals surface area contributed by atoms with Gasteiger partial charge in [0.15, 0.2) is 11.5 Å². The number of halogens is 1. The number of methoxy groups -OCH3 is 2. The lowest BCUT2D eigenvalue weighted by Crippen LogP contribution is -2.27. The van der Waals surface area contributed by atoms with Gasteiger partial charge in [-0.1, -0.05) is 0 Å². The second-order valence-electron chi connectivity index (χ2n) is 4.57. The second kappa shape index (κ2) is 9.09. The maximum Gasteiger partial charge on any atom is 0.240 e.